The zero-order chi connectivity index (χ0) is 6.41. The van der Waals surface area contributed by atoms with Crippen LogP contribution in [0.2, 0.25) is 0 Å². The summed E-state index contributed by atoms with van der Waals surface area (Å²) in [4.78, 5) is 0. The molecule has 0 aliphatic rings. The van der Waals surface area contributed by atoms with Crippen molar-refractivity contribution in [2.75, 3.05) is 0 Å². The number of hydrogen-bond donors (Lipinski definition) is 0. The fraction of sp³-hybridized carbons (Fsp3) is 0. The molecule has 0 unspecified atom stereocenters. The summed E-state index contributed by atoms with van der Waals surface area (Å²) < 4.78 is 0. The van der Waals surface area contributed by atoms with Crippen molar-refractivity contribution in [2.45, 2.75) is 0 Å². The maximum absolute atomic E-state index is 3.51. The molecule has 0 fully saturated rings. The molecular weight excluding hydrogens is 568 g/mol. The van der Waals surface area contributed by atoms with E-state index in [4.69, 9.17) is 0 Å². The van der Waals surface area contributed by atoms with Crippen molar-refractivity contribution in [1.82, 2.24) is 0 Å². The second-order valence-corrected chi connectivity index (χ2v) is 198. The van der Waals surface area contributed by atoms with Crippen LogP contribution in [0.3, 0.4) is 0 Å². The van der Waals surface area contributed by atoms with E-state index in [0.29, 0.717) is 0 Å². The van der Waals surface area contributed by atoms with Gasteiger partial charge in [-0.25, -0.2) is 0 Å². The standard InChI is InChI=1S/6BrH.Y/h6*1H;/q;;;;;;+6/p-6. The molecule has 7 heavy (non-hydrogen) atoms. The Hall–Kier alpha value is 3.98. The normalized spacial score (nSPS) is 23.1. The van der Waals surface area contributed by atoms with Gasteiger partial charge in [-0.2, -0.15) is 0 Å². The molecule has 0 amide bonds. The van der Waals surface area contributed by atoms with E-state index < -0.39 is 6.04 Å². The summed E-state index contributed by atoms with van der Waals surface area (Å²) in [7, 11) is 20.3. The van der Waals surface area contributed by atoms with Crippen molar-refractivity contribution in [1.29, 1.82) is 0 Å². The Morgan fingerprint density at radius 3 is 0.571 bits per heavy atom. The van der Waals surface area contributed by atoms with Crippen molar-refractivity contribution < 1.29 is 6.04 Å². The van der Waals surface area contributed by atoms with Gasteiger partial charge in [0.15, 0.2) is 0 Å². The molecule has 0 rings (SSSR count). The van der Waals surface area contributed by atoms with Crippen LogP contribution < -0.4 is 0 Å². The van der Waals surface area contributed by atoms with Crippen LogP contribution in [0.4, 0.5) is 0 Å². The van der Waals surface area contributed by atoms with E-state index in [0.717, 1.165) is 0 Å². The van der Waals surface area contributed by atoms with Crippen molar-refractivity contribution in [3.8, 4) is 0 Å². The van der Waals surface area contributed by atoms with Gasteiger partial charge < -0.3 is 0 Å². The molecule has 0 aliphatic carbocycles. The predicted octanol–water partition coefficient (Wildman–Crippen LogP) is 5.07. The van der Waals surface area contributed by atoms with E-state index in [1.54, 1.807) is 0 Å². The summed E-state index contributed by atoms with van der Waals surface area (Å²) >= 11 is 0. The van der Waals surface area contributed by atoms with E-state index in [-0.39, 0.29) is 0 Å². The zero-order valence-corrected chi connectivity index (χ0v) is 15.2. The van der Waals surface area contributed by atoms with E-state index in [9.17, 15) is 0 Å². The Labute approximate surface area is 68.1 Å². The third-order valence-electron chi connectivity index (χ3n) is 0. The summed E-state index contributed by atoms with van der Waals surface area (Å²) in [6.07, 6.45) is 0. The second kappa shape index (κ2) is 2.24. The Morgan fingerprint density at radius 1 is 0.571 bits per heavy atom. The molecule has 0 atom stereocenters. The van der Waals surface area contributed by atoms with Gasteiger partial charge in [-0.05, 0) is 0 Å². The molecule has 0 aliphatic heterocycles. The monoisotopic (exact) mass is 562 g/mol. The van der Waals surface area contributed by atoms with Crippen LogP contribution in [-0.2, 0) is 6.04 Å². The Balaban J connectivity index is 4.43. The van der Waals surface area contributed by atoms with Gasteiger partial charge in [-0.3, -0.25) is 0 Å². The Bertz CT molecular complexity index is 62.7. The van der Waals surface area contributed by atoms with E-state index in [2.05, 4.69) is 64.9 Å². The van der Waals surface area contributed by atoms with Crippen LogP contribution in [0.5, 0.6) is 0 Å². The first-order chi connectivity index (χ1) is 2.45. The van der Waals surface area contributed by atoms with E-state index in [1.807, 2.05) is 0 Å². The fourth-order valence-electron chi connectivity index (χ4n) is 0. The molecule has 0 saturated carbocycles. The number of rotatable bonds is 0. The minimum absolute atomic E-state index is 3.38. The van der Waals surface area contributed by atoms with Gasteiger partial charge in [0.25, 0.3) is 0 Å². The molecule has 0 aromatic carbocycles. The van der Waals surface area contributed by atoms with Crippen LogP contribution in [0, 0.1) is 0 Å². The van der Waals surface area contributed by atoms with Crippen molar-refractivity contribution >= 4 is 64.9 Å². The van der Waals surface area contributed by atoms with Gasteiger partial charge in [0.2, 0.25) is 0 Å². The van der Waals surface area contributed by atoms with Gasteiger partial charge in [0, 0.05) is 0 Å². The quantitative estimate of drug-likeness (QED) is 0.383. The van der Waals surface area contributed by atoms with Crippen LogP contribution in [0.15, 0.2) is 0 Å². The molecule has 0 heterocycles. The predicted molar refractivity (Wildman–Crippen MR) is 53.6 cm³/mol. The molecule has 0 spiro atoms. The molecule has 0 bridgehead atoms. The Morgan fingerprint density at radius 2 is 0.571 bits per heavy atom. The van der Waals surface area contributed by atoms with Gasteiger partial charge in [0.1, 0.15) is 0 Å². The molecule has 0 saturated heterocycles. The van der Waals surface area contributed by atoms with Gasteiger partial charge in [-0.15, -0.1) is 0 Å². The first-order valence-electron chi connectivity index (χ1n) is 1.31. The first kappa shape index (κ1) is 11.0. The summed E-state index contributed by atoms with van der Waals surface area (Å²) in [5, 5.41) is 0. The molecular formula is Br6Y. The van der Waals surface area contributed by atoms with Crippen molar-refractivity contribution in [3.05, 3.63) is 0 Å². The second-order valence-electron chi connectivity index (χ2n) is 1.24. The van der Waals surface area contributed by atoms with Crippen LogP contribution in [-0.4, -0.2) is 0 Å². The Kier molecular flexibility index (Phi) is 3.51. The average molecular weight is 568 g/mol. The van der Waals surface area contributed by atoms with Crippen LogP contribution >= 0.6 is 64.9 Å². The zero-order valence-electron chi connectivity index (χ0n) is 2.85. The number of hydrogen-bond acceptors (Lipinski definition) is 0. The third kappa shape index (κ3) is 40.1. The average Bonchev–Trinajstić information content (AvgIpc) is 0.592. The molecule has 0 nitrogen and oxygen atoms in total. The van der Waals surface area contributed by atoms with Gasteiger partial charge in [0.05, 0.1) is 0 Å². The summed E-state index contributed by atoms with van der Waals surface area (Å²) in [5.74, 6) is 0. The molecule has 0 radical (unpaired) electrons. The van der Waals surface area contributed by atoms with Crippen LogP contribution in [0.25, 0.3) is 0 Å². The molecule has 0 N–H and O–H groups in total. The van der Waals surface area contributed by atoms with Crippen LogP contribution in [0.1, 0.15) is 0 Å². The molecule has 7 heteroatoms. The summed E-state index contributed by atoms with van der Waals surface area (Å²) in [6, 6.07) is -3.51. The van der Waals surface area contributed by atoms with Crippen molar-refractivity contribution in [2.24, 2.45) is 0 Å². The number of halogens is 6. The summed E-state index contributed by atoms with van der Waals surface area (Å²) in [6.45, 7) is 0. The maximum atomic E-state index is 3.38. The molecule has 45 valence electrons. The topological polar surface area (TPSA) is 0 Å². The van der Waals surface area contributed by atoms with Gasteiger partial charge >= 0.3 is 70.9 Å². The molecule has 0 aromatic heterocycles. The first-order valence-corrected chi connectivity index (χ1v) is 40.2. The van der Waals surface area contributed by atoms with Gasteiger partial charge in [-0.1, -0.05) is 0 Å². The van der Waals surface area contributed by atoms with E-state index in [1.165, 1.54) is 0 Å². The van der Waals surface area contributed by atoms with Crippen molar-refractivity contribution in [3.63, 3.8) is 0 Å². The third-order valence-corrected chi connectivity index (χ3v) is 0. The minimum atomic E-state index is -3.51. The molecule has 0 aromatic rings. The SMILES string of the molecule is [Br][Y]([Br])([Br])([Br])([Br])[Br]. The fourth-order valence-corrected chi connectivity index (χ4v) is 0. The summed E-state index contributed by atoms with van der Waals surface area (Å²) in [5.41, 5.74) is 0. The van der Waals surface area contributed by atoms with E-state index >= 15 is 0 Å².